The van der Waals surface area contributed by atoms with Crippen molar-refractivity contribution in [1.29, 1.82) is 0 Å². The second-order valence-corrected chi connectivity index (χ2v) is 4.70. The van der Waals surface area contributed by atoms with Crippen LogP contribution in [0.1, 0.15) is 33.6 Å². The molecule has 0 aromatic carbocycles. The molecule has 106 valence electrons. The highest BCUT2D eigenvalue weighted by Crippen LogP contribution is 2.07. The van der Waals surface area contributed by atoms with Crippen molar-refractivity contribution in [2.45, 2.75) is 39.2 Å². The van der Waals surface area contributed by atoms with Crippen LogP contribution >= 0.6 is 0 Å². The Morgan fingerprint density at radius 2 is 1.44 bits per heavy atom. The van der Waals surface area contributed by atoms with Crippen LogP contribution in [-0.2, 0) is 23.8 Å². The normalized spacial score (nSPS) is 11.3. The van der Waals surface area contributed by atoms with Crippen LogP contribution in [0.25, 0.3) is 0 Å². The quantitative estimate of drug-likeness (QED) is 0.497. The van der Waals surface area contributed by atoms with Gasteiger partial charge >= 0.3 is 11.9 Å². The van der Waals surface area contributed by atoms with Gasteiger partial charge in [-0.1, -0.05) is 0 Å². The Kier molecular flexibility index (Phi) is 8.32. The van der Waals surface area contributed by atoms with E-state index in [-0.39, 0.29) is 32.0 Å². The van der Waals surface area contributed by atoms with Crippen LogP contribution < -0.4 is 0 Å². The van der Waals surface area contributed by atoms with Crippen molar-refractivity contribution >= 4 is 11.9 Å². The average molecular weight is 262 g/mol. The molecule has 0 atom stereocenters. The lowest BCUT2D eigenvalue weighted by Crippen LogP contribution is -2.24. The number of hydrogen-bond acceptors (Lipinski definition) is 5. The SMILES string of the molecule is CC(C)(C)OC(=O)CCOCCOCCC(=O)O. The summed E-state index contributed by atoms with van der Waals surface area (Å²) >= 11 is 0. The van der Waals surface area contributed by atoms with Gasteiger partial charge in [-0.05, 0) is 20.8 Å². The number of carbonyl (C=O) groups excluding carboxylic acids is 1. The maximum Gasteiger partial charge on any atom is 0.308 e. The summed E-state index contributed by atoms with van der Waals surface area (Å²) in [5.74, 6) is -1.19. The van der Waals surface area contributed by atoms with E-state index < -0.39 is 11.6 Å². The van der Waals surface area contributed by atoms with E-state index in [0.29, 0.717) is 13.2 Å². The molecule has 0 amide bonds. The van der Waals surface area contributed by atoms with Gasteiger partial charge in [-0.2, -0.15) is 0 Å². The van der Waals surface area contributed by atoms with Gasteiger partial charge < -0.3 is 19.3 Å². The number of carboxylic acid groups (broad SMARTS) is 1. The monoisotopic (exact) mass is 262 g/mol. The summed E-state index contributed by atoms with van der Waals surface area (Å²) in [6.45, 7) is 6.53. The molecule has 0 bridgehead atoms. The number of carboxylic acids is 1. The Bertz CT molecular complexity index is 256. The minimum Gasteiger partial charge on any atom is -0.481 e. The van der Waals surface area contributed by atoms with Crippen LogP contribution in [0, 0.1) is 0 Å². The Morgan fingerprint density at radius 3 is 1.89 bits per heavy atom. The summed E-state index contributed by atoms with van der Waals surface area (Å²) in [7, 11) is 0. The molecule has 0 heterocycles. The van der Waals surface area contributed by atoms with E-state index in [0.717, 1.165) is 0 Å². The summed E-state index contributed by atoms with van der Waals surface area (Å²) < 4.78 is 15.3. The van der Waals surface area contributed by atoms with Crippen molar-refractivity contribution in [3.05, 3.63) is 0 Å². The van der Waals surface area contributed by atoms with Gasteiger partial charge in [0.1, 0.15) is 5.60 Å². The number of esters is 1. The van der Waals surface area contributed by atoms with Gasteiger partial charge in [-0.25, -0.2) is 0 Å². The Hall–Kier alpha value is -1.14. The first-order valence-electron chi connectivity index (χ1n) is 5.90. The summed E-state index contributed by atoms with van der Waals surface area (Å²) in [6.07, 6.45) is 0.185. The Balaban J connectivity index is 3.30. The van der Waals surface area contributed by atoms with E-state index in [1.54, 1.807) is 0 Å². The molecule has 0 aromatic rings. The van der Waals surface area contributed by atoms with Crippen LogP contribution in [0.3, 0.4) is 0 Å². The third-order valence-electron chi connectivity index (χ3n) is 1.70. The number of aliphatic carboxylic acids is 1. The minimum absolute atomic E-state index is 0.0160. The summed E-state index contributed by atoms with van der Waals surface area (Å²) in [5.41, 5.74) is -0.475. The second-order valence-electron chi connectivity index (χ2n) is 4.70. The first-order valence-corrected chi connectivity index (χ1v) is 5.90. The van der Waals surface area contributed by atoms with Crippen molar-refractivity contribution in [3.8, 4) is 0 Å². The summed E-state index contributed by atoms with van der Waals surface area (Å²) in [6, 6.07) is 0. The molecule has 1 N–H and O–H groups in total. The molecule has 0 spiro atoms. The van der Waals surface area contributed by atoms with Gasteiger partial charge in [0.25, 0.3) is 0 Å². The molecule has 18 heavy (non-hydrogen) atoms. The molecule has 0 aliphatic rings. The highest BCUT2D eigenvalue weighted by molar-refractivity contribution is 5.69. The van der Waals surface area contributed by atoms with E-state index in [1.165, 1.54) is 0 Å². The average Bonchev–Trinajstić information content (AvgIpc) is 2.18. The molecule has 0 saturated carbocycles. The zero-order chi connectivity index (χ0) is 14.0. The van der Waals surface area contributed by atoms with E-state index in [9.17, 15) is 9.59 Å². The zero-order valence-electron chi connectivity index (χ0n) is 11.2. The number of carbonyl (C=O) groups is 2. The number of ether oxygens (including phenoxy) is 3. The van der Waals surface area contributed by atoms with Crippen molar-refractivity contribution in [3.63, 3.8) is 0 Å². The first kappa shape index (κ1) is 16.9. The van der Waals surface area contributed by atoms with Gasteiger partial charge in [0.05, 0.1) is 39.3 Å². The lowest BCUT2D eigenvalue weighted by atomic mass is 10.2. The summed E-state index contributed by atoms with van der Waals surface area (Å²) in [5, 5.41) is 8.35. The third kappa shape index (κ3) is 12.9. The number of rotatable bonds is 9. The van der Waals surface area contributed by atoms with Crippen molar-refractivity contribution < 1.29 is 28.9 Å². The fourth-order valence-electron chi connectivity index (χ4n) is 1.03. The molecule has 0 aliphatic carbocycles. The molecule has 6 heteroatoms. The highest BCUT2D eigenvalue weighted by Gasteiger charge is 2.15. The van der Waals surface area contributed by atoms with E-state index >= 15 is 0 Å². The predicted octanol–water partition coefficient (Wildman–Crippen LogP) is 1.23. The Morgan fingerprint density at radius 1 is 0.944 bits per heavy atom. The predicted molar refractivity (Wildman–Crippen MR) is 64.4 cm³/mol. The number of hydrogen-bond donors (Lipinski definition) is 1. The van der Waals surface area contributed by atoms with Crippen molar-refractivity contribution in [2.24, 2.45) is 0 Å². The molecular weight excluding hydrogens is 240 g/mol. The molecule has 0 aliphatic heterocycles. The molecule has 0 fully saturated rings. The van der Waals surface area contributed by atoms with Gasteiger partial charge in [0.2, 0.25) is 0 Å². The first-order chi connectivity index (χ1) is 8.31. The topological polar surface area (TPSA) is 82.1 Å². The van der Waals surface area contributed by atoms with E-state index in [4.69, 9.17) is 19.3 Å². The van der Waals surface area contributed by atoms with Crippen LogP contribution in [0.15, 0.2) is 0 Å². The molecule has 0 saturated heterocycles. The smallest absolute Gasteiger partial charge is 0.308 e. The van der Waals surface area contributed by atoms with Crippen LogP contribution in [0.4, 0.5) is 0 Å². The molecule has 0 radical (unpaired) electrons. The highest BCUT2D eigenvalue weighted by atomic mass is 16.6. The van der Waals surface area contributed by atoms with E-state index in [1.807, 2.05) is 20.8 Å². The van der Waals surface area contributed by atoms with Crippen LogP contribution in [-0.4, -0.2) is 49.1 Å². The van der Waals surface area contributed by atoms with Crippen molar-refractivity contribution in [1.82, 2.24) is 0 Å². The van der Waals surface area contributed by atoms with Gasteiger partial charge in [0, 0.05) is 0 Å². The van der Waals surface area contributed by atoms with Crippen molar-refractivity contribution in [2.75, 3.05) is 26.4 Å². The van der Waals surface area contributed by atoms with Gasteiger partial charge in [-0.3, -0.25) is 9.59 Å². The minimum atomic E-state index is -0.888. The maximum absolute atomic E-state index is 11.3. The fraction of sp³-hybridized carbons (Fsp3) is 0.833. The lowest BCUT2D eigenvalue weighted by Gasteiger charge is -2.19. The summed E-state index contributed by atoms with van der Waals surface area (Å²) in [4.78, 5) is 21.4. The van der Waals surface area contributed by atoms with E-state index in [2.05, 4.69) is 0 Å². The molecular formula is C12H22O6. The maximum atomic E-state index is 11.3. The van der Waals surface area contributed by atoms with Gasteiger partial charge in [-0.15, -0.1) is 0 Å². The second kappa shape index (κ2) is 8.88. The van der Waals surface area contributed by atoms with Crippen LogP contribution in [0.2, 0.25) is 0 Å². The Labute approximate surface area is 107 Å². The fourth-order valence-corrected chi connectivity index (χ4v) is 1.03. The largest absolute Gasteiger partial charge is 0.481 e. The van der Waals surface area contributed by atoms with Crippen LogP contribution in [0.5, 0.6) is 0 Å². The molecule has 6 nitrogen and oxygen atoms in total. The molecule has 0 aromatic heterocycles. The molecule has 0 unspecified atom stereocenters. The van der Waals surface area contributed by atoms with Gasteiger partial charge in [0.15, 0.2) is 0 Å². The lowest BCUT2D eigenvalue weighted by molar-refractivity contribution is -0.156. The zero-order valence-corrected chi connectivity index (χ0v) is 11.2. The third-order valence-corrected chi connectivity index (χ3v) is 1.70. The molecule has 0 rings (SSSR count). The standard InChI is InChI=1S/C12H22O6/c1-12(2,3)18-11(15)5-7-17-9-8-16-6-4-10(13)14/h4-9H2,1-3H3,(H,13,14).